The summed E-state index contributed by atoms with van der Waals surface area (Å²) in [6.07, 6.45) is 6.31. The van der Waals surface area contributed by atoms with Crippen LogP contribution >= 0.6 is 0 Å². The summed E-state index contributed by atoms with van der Waals surface area (Å²) < 4.78 is 0. The average molecular weight is 451 g/mol. The van der Waals surface area contributed by atoms with E-state index in [0.717, 1.165) is 19.3 Å². The van der Waals surface area contributed by atoms with Crippen molar-refractivity contribution in [3.63, 3.8) is 0 Å². The van der Waals surface area contributed by atoms with Gasteiger partial charge in [0.05, 0.1) is 24.4 Å². The molecule has 0 aliphatic heterocycles. The molecular formula is C28H50O4. The molecule has 0 radical (unpaired) electrons. The molecule has 0 aromatic carbocycles. The molecule has 4 heteroatoms. The second-order valence-corrected chi connectivity index (χ2v) is 13.4. The summed E-state index contributed by atoms with van der Waals surface area (Å²) in [4.78, 5) is 0. The highest BCUT2D eigenvalue weighted by molar-refractivity contribution is 5.11. The molecule has 4 rings (SSSR count). The van der Waals surface area contributed by atoms with Crippen molar-refractivity contribution in [3.05, 3.63) is 0 Å². The summed E-state index contributed by atoms with van der Waals surface area (Å²) in [5, 5.41) is 42.8. The maximum atomic E-state index is 11.2. The molecule has 4 N–H and O–H groups in total. The van der Waals surface area contributed by atoms with Crippen LogP contribution in [0, 0.1) is 58.2 Å². The van der Waals surface area contributed by atoms with Crippen molar-refractivity contribution >= 4 is 0 Å². The van der Waals surface area contributed by atoms with Gasteiger partial charge in [-0.15, -0.1) is 0 Å². The standard InChI is InChI=1S/C28H50O4/c1-15(2)16(3)25(31)26(32)17(4)20-9-10-21-19-8-7-18-13-23(29)24(30)14-28(18,6)22(19)11-12-27(20,21)5/h15-26,29-32H,7-14H2,1-6H3/t16-,17-,18?,19?,20+,21?,22?,23-,24+,25+,26+,27+,28-/m0/s1. The monoisotopic (exact) mass is 450 g/mol. The Morgan fingerprint density at radius 3 is 2.06 bits per heavy atom. The van der Waals surface area contributed by atoms with E-state index in [2.05, 4.69) is 41.5 Å². The molecule has 4 saturated carbocycles. The third-order valence-electron chi connectivity index (χ3n) is 11.9. The molecule has 4 aliphatic carbocycles. The highest BCUT2D eigenvalue weighted by Crippen LogP contribution is 2.68. The zero-order chi connectivity index (χ0) is 23.6. The van der Waals surface area contributed by atoms with Crippen molar-refractivity contribution < 1.29 is 20.4 Å². The average Bonchev–Trinajstić information content (AvgIpc) is 3.09. The van der Waals surface area contributed by atoms with Gasteiger partial charge in [0.1, 0.15) is 0 Å². The van der Waals surface area contributed by atoms with Crippen molar-refractivity contribution in [2.45, 2.75) is 117 Å². The van der Waals surface area contributed by atoms with Gasteiger partial charge in [-0.05, 0) is 110 Å². The van der Waals surface area contributed by atoms with Crippen LogP contribution in [0.1, 0.15) is 92.9 Å². The van der Waals surface area contributed by atoms with Crippen LogP contribution in [0.15, 0.2) is 0 Å². The number of aliphatic hydroxyl groups excluding tert-OH is 4. The Bertz CT molecular complexity index is 666. The summed E-state index contributed by atoms with van der Waals surface area (Å²) in [5.41, 5.74) is 0.382. The van der Waals surface area contributed by atoms with Gasteiger partial charge in [0.15, 0.2) is 0 Å². The smallest absolute Gasteiger partial charge is 0.0830 e. The molecular weight excluding hydrogens is 400 g/mol. The molecule has 4 unspecified atom stereocenters. The lowest BCUT2D eigenvalue weighted by molar-refractivity contribution is -0.163. The Hall–Kier alpha value is -0.160. The minimum atomic E-state index is -0.659. The van der Waals surface area contributed by atoms with Gasteiger partial charge in [0.2, 0.25) is 0 Å². The second kappa shape index (κ2) is 8.81. The Morgan fingerprint density at radius 1 is 0.750 bits per heavy atom. The van der Waals surface area contributed by atoms with Gasteiger partial charge in [-0.1, -0.05) is 41.5 Å². The fourth-order valence-electron chi connectivity index (χ4n) is 9.43. The van der Waals surface area contributed by atoms with E-state index in [9.17, 15) is 20.4 Å². The van der Waals surface area contributed by atoms with Crippen molar-refractivity contribution in [1.29, 1.82) is 0 Å². The van der Waals surface area contributed by atoms with E-state index in [4.69, 9.17) is 0 Å². The molecule has 0 amide bonds. The lowest BCUT2D eigenvalue weighted by Crippen LogP contribution is -2.57. The molecule has 32 heavy (non-hydrogen) atoms. The van der Waals surface area contributed by atoms with Crippen LogP contribution in [0.25, 0.3) is 0 Å². The lowest BCUT2D eigenvalue weighted by Gasteiger charge is -2.61. The number of hydrogen-bond acceptors (Lipinski definition) is 4. The topological polar surface area (TPSA) is 80.9 Å². The normalized spacial score (nSPS) is 50.2. The third-order valence-corrected chi connectivity index (χ3v) is 11.9. The van der Waals surface area contributed by atoms with E-state index in [1.807, 2.05) is 0 Å². The van der Waals surface area contributed by atoms with E-state index in [1.54, 1.807) is 0 Å². The highest BCUT2D eigenvalue weighted by atomic mass is 16.3. The number of aliphatic hydroxyl groups is 4. The Balaban J connectivity index is 1.52. The quantitative estimate of drug-likeness (QED) is 0.492. The molecule has 0 saturated heterocycles. The Labute approximate surface area is 196 Å². The first-order chi connectivity index (χ1) is 14.9. The molecule has 0 aromatic rings. The summed E-state index contributed by atoms with van der Waals surface area (Å²) in [5.74, 6) is 3.59. The predicted molar refractivity (Wildman–Crippen MR) is 128 cm³/mol. The summed E-state index contributed by atoms with van der Waals surface area (Å²) in [6, 6.07) is 0. The van der Waals surface area contributed by atoms with E-state index in [1.165, 1.54) is 32.1 Å². The van der Waals surface area contributed by atoms with E-state index < -0.39 is 24.4 Å². The Kier molecular flexibility index (Phi) is 6.87. The predicted octanol–water partition coefficient (Wildman–Crippen LogP) is 4.63. The summed E-state index contributed by atoms with van der Waals surface area (Å²) in [6.45, 7) is 13.4. The molecule has 0 bridgehead atoms. The van der Waals surface area contributed by atoms with Crippen molar-refractivity contribution in [3.8, 4) is 0 Å². The van der Waals surface area contributed by atoms with Crippen LogP contribution in [-0.4, -0.2) is 44.8 Å². The SMILES string of the molecule is CC(C)[C@H](C)[C@@H](O)[C@H](O)[C@@H](C)[C@H]1CCC2C3CCC4C[C@H](O)[C@H](O)C[C@]4(C)C3CC[C@@]21C. The van der Waals surface area contributed by atoms with E-state index in [0.29, 0.717) is 35.5 Å². The highest BCUT2D eigenvalue weighted by Gasteiger charge is 2.62. The van der Waals surface area contributed by atoms with Gasteiger partial charge in [-0.25, -0.2) is 0 Å². The molecule has 13 atom stereocenters. The Morgan fingerprint density at radius 2 is 1.41 bits per heavy atom. The number of rotatable bonds is 5. The largest absolute Gasteiger partial charge is 0.390 e. The van der Waals surface area contributed by atoms with Gasteiger partial charge in [0, 0.05) is 0 Å². The van der Waals surface area contributed by atoms with E-state index in [-0.39, 0.29) is 22.7 Å². The van der Waals surface area contributed by atoms with Gasteiger partial charge < -0.3 is 20.4 Å². The fourth-order valence-corrected chi connectivity index (χ4v) is 9.43. The molecule has 4 fully saturated rings. The van der Waals surface area contributed by atoms with Crippen LogP contribution in [0.5, 0.6) is 0 Å². The zero-order valence-corrected chi connectivity index (χ0v) is 21.4. The molecule has 4 nitrogen and oxygen atoms in total. The summed E-state index contributed by atoms with van der Waals surface area (Å²) >= 11 is 0. The second-order valence-electron chi connectivity index (χ2n) is 13.4. The van der Waals surface area contributed by atoms with Crippen LogP contribution in [-0.2, 0) is 0 Å². The summed E-state index contributed by atoms with van der Waals surface area (Å²) in [7, 11) is 0. The van der Waals surface area contributed by atoms with Gasteiger partial charge in [-0.3, -0.25) is 0 Å². The van der Waals surface area contributed by atoms with Crippen LogP contribution in [0.2, 0.25) is 0 Å². The minimum Gasteiger partial charge on any atom is -0.390 e. The molecule has 0 aromatic heterocycles. The molecule has 186 valence electrons. The van der Waals surface area contributed by atoms with E-state index >= 15 is 0 Å². The minimum absolute atomic E-state index is 0.0940. The van der Waals surface area contributed by atoms with Crippen molar-refractivity contribution in [2.24, 2.45) is 58.2 Å². The lowest BCUT2D eigenvalue weighted by atomic mass is 9.44. The zero-order valence-electron chi connectivity index (χ0n) is 21.4. The maximum Gasteiger partial charge on any atom is 0.0830 e. The van der Waals surface area contributed by atoms with Crippen molar-refractivity contribution in [1.82, 2.24) is 0 Å². The van der Waals surface area contributed by atoms with Crippen LogP contribution in [0.3, 0.4) is 0 Å². The van der Waals surface area contributed by atoms with Crippen LogP contribution in [0.4, 0.5) is 0 Å². The molecule has 0 spiro atoms. The maximum absolute atomic E-state index is 11.2. The van der Waals surface area contributed by atoms with Crippen LogP contribution < -0.4 is 0 Å². The van der Waals surface area contributed by atoms with Crippen molar-refractivity contribution in [2.75, 3.05) is 0 Å². The third kappa shape index (κ3) is 3.80. The first-order valence-electron chi connectivity index (χ1n) is 13.6. The first-order valence-corrected chi connectivity index (χ1v) is 13.6. The molecule has 4 aliphatic rings. The fraction of sp³-hybridized carbons (Fsp3) is 1.00. The van der Waals surface area contributed by atoms with Gasteiger partial charge >= 0.3 is 0 Å². The van der Waals surface area contributed by atoms with Gasteiger partial charge in [-0.2, -0.15) is 0 Å². The molecule has 0 heterocycles. The number of hydrogen-bond donors (Lipinski definition) is 4. The van der Waals surface area contributed by atoms with Gasteiger partial charge in [0.25, 0.3) is 0 Å². The number of fused-ring (bicyclic) bond motifs is 5. The first kappa shape index (κ1) is 24.9.